The Bertz CT molecular complexity index is 290. The number of sulfonamides is 1. The lowest BCUT2D eigenvalue weighted by Gasteiger charge is -2.26. The summed E-state index contributed by atoms with van der Waals surface area (Å²) in [6, 6.07) is 0.231. The molecule has 0 bridgehead atoms. The van der Waals surface area contributed by atoms with Crippen LogP contribution in [-0.2, 0) is 10.0 Å². The van der Waals surface area contributed by atoms with Gasteiger partial charge in [0.05, 0.1) is 5.25 Å². The minimum absolute atomic E-state index is 0.231. The summed E-state index contributed by atoms with van der Waals surface area (Å²) in [5.41, 5.74) is 0. The zero-order valence-corrected chi connectivity index (χ0v) is 10.7. The standard InChI is InChI=1S/C10H22N2O2S/c1-4-10-6-5-7-12(10)15(13,14)9(2)8-11-3/h9-11H,4-8H2,1-3H3. The third-order valence-electron chi connectivity index (χ3n) is 3.12. The monoisotopic (exact) mass is 234 g/mol. The molecule has 0 aliphatic carbocycles. The molecule has 0 amide bonds. The summed E-state index contributed by atoms with van der Waals surface area (Å²) in [6.07, 6.45) is 2.94. The summed E-state index contributed by atoms with van der Waals surface area (Å²) in [7, 11) is -1.31. The minimum atomic E-state index is -3.09. The fourth-order valence-corrected chi connectivity index (χ4v) is 4.07. The van der Waals surface area contributed by atoms with Gasteiger partial charge >= 0.3 is 0 Å². The molecule has 1 N–H and O–H groups in total. The van der Waals surface area contributed by atoms with E-state index in [4.69, 9.17) is 0 Å². The molecule has 4 nitrogen and oxygen atoms in total. The quantitative estimate of drug-likeness (QED) is 0.765. The highest BCUT2D eigenvalue weighted by molar-refractivity contribution is 7.89. The van der Waals surface area contributed by atoms with Gasteiger partial charge in [-0.05, 0) is 33.2 Å². The lowest BCUT2D eigenvalue weighted by molar-refractivity contribution is 0.374. The van der Waals surface area contributed by atoms with Crippen LogP contribution in [0.2, 0.25) is 0 Å². The fraction of sp³-hybridized carbons (Fsp3) is 1.00. The van der Waals surface area contributed by atoms with Gasteiger partial charge in [-0.15, -0.1) is 0 Å². The molecular weight excluding hydrogens is 212 g/mol. The second-order valence-electron chi connectivity index (χ2n) is 4.23. The molecule has 0 radical (unpaired) electrons. The molecule has 0 aromatic rings. The van der Waals surface area contributed by atoms with Gasteiger partial charge < -0.3 is 5.32 Å². The molecule has 0 aromatic carbocycles. The lowest BCUT2D eigenvalue weighted by Crippen LogP contribution is -2.43. The molecule has 1 heterocycles. The van der Waals surface area contributed by atoms with E-state index < -0.39 is 10.0 Å². The molecular formula is C10H22N2O2S. The smallest absolute Gasteiger partial charge is 0.218 e. The van der Waals surface area contributed by atoms with Crippen molar-refractivity contribution in [2.75, 3.05) is 20.1 Å². The van der Waals surface area contributed by atoms with Gasteiger partial charge in [0.25, 0.3) is 0 Å². The molecule has 2 atom stereocenters. The van der Waals surface area contributed by atoms with Gasteiger partial charge in [0.1, 0.15) is 0 Å². The third kappa shape index (κ3) is 2.71. The van der Waals surface area contributed by atoms with E-state index in [0.717, 1.165) is 19.3 Å². The van der Waals surface area contributed by atoms with Gasteiger partial charge in [0.15, 0.2) is 0 Å². The molecule has 90 valence electrons. The topological polar surface area (TPSA) is 49.4 Å². The Hall–Kier alpha value is -0.130. The van der Waals surface area contributed by atoms with E-state index in [1.54, 1.807) is 18.3 Å². The third-order valence-corrected chi connectivity index (χ3v) is 5.44. The van der Waals surface area contributed by atoms with Crippen molar-refractivity contribution in [3.8, 4) is 0 Å². The number of nitrogens with one attached hydrogen (secondary N) is 1. The first-order valence-corrected chi connectivity index (χ1v) is 7.19. The van der Waals surface area contributed by atoms with Gasteiger partial charge in [-0.2, -0.15) is 4.31 Å². The largest absolute Gasteiger partial charge is 0.318 e. The Labute approximate surface area is 93.1 Å². The zero-order valence-electron chi connectivity index (χ0n) is 9.86. The molecule has 1 aliphatic heterocycles. The molecule has 1 saturated heterocycles. The molecule has 1 aliphatic rings. The first kappa shape index (κ1) is 12.9. The summed E-state index contributed by atoms with van der Waals surface area (Å²) < 4.78 is 26.1. The van der Waals surface area contributed by atoms with Crippen LogP contribution in [-0.4, -0.2) is 44.2 Å². The maximum Gasteiger partial charge on any atom is 0.218 e. The van der Waals surface area contributed by atoms with Crippen LogP contribution >= 0.6 is 0 Å². The zero-order chi connectivity index (χ0) is 11.5. The predicted molar refractivity (Wildman–Crippen MR) is 62.3 cm³/mol. The summed E-state index contributed by atoms with van der Waals surface area (Å²) >= 11 is 0. The average molecular weight is 234 g/mol. The normalized spacial score (nSPS) is 25.7. The van der Waals surface area contributed by atoms with Crippen molar-refractivity contribution in [2.45, 2.75) is 44.4 Å². The van der Waals surface area contributed by atoms with Crippen LogP contribution < -0.4 is 5.32 Å². The Kier molecular flexibility index (Phi) is 4.55. The van der Waals surface area contributed by atoms with Crippen LogP contribution in [0.4, 0.5) is 0 Å². The molecule has 5 heteroatoms. The molecule has 2 unspecified atom stereocenters. The summed E-state index contributed by atoms with van der Waals surface area (Å²) in [5, 5.41) is 2.60. The van der Waals surface area contributed by atoms with Crippen LogP contribution in [0.3, 0.4) is 0 Å². The second kappa shape index (κ2) is 5.27. The van der Waals surface area contributed by atoms with Crippen LogP contribution in [0.25, 0.3) is 0 Å². The van der Waals surface area contributed by atoms with Crippen molar-refractivity contribution < 1.29 is 8.42 Å². The van der Waals surface area contributed by atoms with E-state index in [2.05, 4.69) is 12.2 Å². The maximum absolute atomic E-state index is 12.2. The Morgan fingerprint density at radius 3 is 2.73 bits per heavy atom. The van der Waals surface area contributed by atoms with Crippen LogP contribution in [0.5, 0.6) is 0 Å². The van der Waals surface area contributed by atoms with Crippen LogP contribution in [0.1, 0.15) is 33.1 Å². The van der Waals surface area contributed by atoms with E-state index in [0.29, 0.717) is 13.1 Å². The lowest BCUT2D eigenvalue weighted by atomic mass is 10.2. The van der Waals surface area contributed by atoms with Crippen LogP contribution in [0, 0.1) is 0 Å². The highest BCUT2D eigenvalue weighted by Gasteiger charge is 2.35. The second-order valence-corrected chi connectivity index (χ2v) is 6.53. The van der Waals surface area contributed by atoms with Crippen molar-refractivity contribution in [3.05, 3.63) is 0 Å². The highest BCUT2D eigenvalue weighted by Crippen LogP contribution is 2.25. The van der Waals surface area contributed by atoms with Gasteiger partial charge in [-0.25, -0.2) is 8.42 Å². The maximum atomic E-state index is 12.2. The molecule has 0 aromatic heterocycles. The molecule has 1 fully saturated rings. The Balaban J connectivity index is 2.76. The first-order valence-electron chi connectivity index (χ1n) is 5.69. The Morgan fingerprint density at radius 1 is 1.53 bits per heavy atom. The molecule has 15 heavy (non-hydrogen) atoms. The van der Waals surface area contributed by atoms with Gasteiger partial charge in [-0.3, -0.25) is 0 Å². The summed E-state index contributed by atoms with van der Waals surface area (Å²) in [6.45, 7) is 5.06. The fourth-order valence-electron chi connectivity index (χ4n) is 2.18. The van der Waals surface area contributed by atoms with Gasteiger partial charge in [-0.1, -0.05) is 6.92 Å². The SMILES string of the molecule is CCC1CCCN1S(=O)(=O)C(C)CNC. The van der Waals surface area contributed by atoms with Crippen molar-refractivity contribution in [1.82, 2.24) is 9.62 Å². The van der Waals surface area contributed by atoms with Crippen molar-refractivity contribution >= 4 is 10.0 Å². The van der Waals surface area contributed by atoms with Gasteiger partial charge in [0.2, 0.25) is 10.0 Å². The van der Waals surface area contributed by atoms with E-state index in [9.17, 15) is 8.42 Å². The average Bonchev–Trinajstić information content (AvgIpc) is 2.66. The van der Waals surface area contributed by atoms with Crippen molar-refractivity contribution in [2.24, 2.45) is 0 Å². The van der Waals surface area contributed by atoms with E-state index in [1.165, 1.54) is 0 Å². The number of hydrogen-bond acceptors (Lipinski definition) is 3. The minimum Gasteiger partial charge on any atom is -0.318 e. The van der Waals surface area contributed by atoms with Crippen LogP contribution in [0.15, 0.2) is 0 Å². The number of nitrogens with zero attached hydrogens (tertiary/aromatic N) is 1. The summed E-state index contributed by atoms with van der Waals surface area (Å²) in [4.78, 5) is 0. The molecule has 0 spiro atoms. The predicted octanol–water partition coefficient (Wildman–Crippen LogP) is 0.798. The van der Waals surface area contributed by atoms with Gasteiger partial charge in [0, 0.05) is 19.1 Å². The van der Waals surface area contributed by atoms with E-state index >= 15 is 0 Å². The highest BCUT2D eigenvalue weighted by atomic mass is 32.2. The Morgan fingerprint density at radius 2 is 2.20 bits per heavy atom. The van der Waals surface area contributed by atoms with E-state index in [-0.39, 0.29) is 11.3 Å². The molecule has 1 rings (SSSR count). The number of rotatable bonds is 5. The first-order chi connectivity index (χ1) is 7.04. The molecule has 0 saturated carbocycles. The van der Waals surface area contributed by atoms with Crippen molar-refractivity contribution in [1.29, 1.82) is 0 Å². The number of hydrogen-bond donors (Lipinski definition) is 1. The summed E-state index contributed by atoms with van der Waals surface area (Å²) in [5.74, 6) is 0. The van der Waals surface area contributed by atoms with E-state index in [1.807, 2.05) is 0 Å². The van der Waals surface area contributed by atoms with Crippen molar-refractivity contribution in [3.63, 3.8) is 0 Å².